The second kappa shape index (κ2) is 6.11. The maximum absolute atomic E-state index is 11.7. The number of rotatable bonds is 6. The Bertz CT molecular complexity index is 326. The molecule has 0 saturated heterocycles. The van der Waals surface area contributed by atoms with E-state index < -0.39 is 0 Å². The van der Waals surface area contributed by atoms with Crippen LogP contribution in [0.4, 0.5) is 0 Å². The summed E-state index contributed by atoms with van der Waals surface area (Å²) in [5.74, 6) is 0.326. The molecule has 1 heterocycles. The van der Waals surface area contributed by atoms with Crippen LogP contribution in [0, 0.1) is 0 Å². The lowest BCUT2D eigenvalue weighted by atomic mass is 10.1. The molecule has 0 unspecified atom stereocenters. The number of ketones is 1. The quantitative estimate of drug-likeness (QED) is 0.531. The largest absolute Gasteiger partial charge is 0.479 e. The van der Waals surface area contributed by atoms with E-state index in [1.807, 2.05) is 0 Å². The van der Waals surface area contributed by atoms with Gasteiger partial charge in [-0.05, 0) is 6.42 Å². The fraction of sp³-hybridized carbons (Fsp3) is 0.545. The number of ether oxygens (including phenoxy) is 1. The standard InChI is InChI=1S/C11H16N2O2/c1-3-4-5-6-9(14)10-11(15-2)13-8-7-12-10/h7-8H,3-6H2,1-2H3. The Balaban J connectivity index is 2.64. The number of carbonyl (C=O) groups excluding carboxylic acids is 1. The third-order valence-corrected chi connectivity index (χ3v) is 2.13. The molecule has 0 aliphatic carbocycles. The Morgan fingerprint density at radius 2 is 2.07 bits per heavy atom. The molecule has 82 valence electrons. The molecule has 1 rings (SSSR count). The second-order valence-corrected chi connectivity index (χ2v) is 3.29. The predicted octanol–water partition coefficient (Wildman–Crippen LogP) is 2.25. The van der Waals surface area contributed by atoms with E-state index >= 15 is 0 Å². The molecule has 0 fully saturated rings. The monoisotopic (exact) mass is 208 g/mol. The van der Waals surface area contributed by atoms with E-state index in [1.165, 1.54) is 19.5 Å². The van der Waals surface area contributed by atoms with Crippen molar-refractivity contribution >= 4 is 5.78 Å². The molecule has 15 heavy (non-hydrogen) atoms. The maximum atomic E-state index is 11.7. The van der Waals surface area contributed by atoms with Gasteiger partial charge in [-0.2, -0.15) is 0 Å². The molecular weight excluding hydrogens is 192 g/mol. The molecule has 0 aromatic carbocycles. The highest BCUT2D eigenvalue weighted by atomic mass is 16.5. The summed E-state index contributed by atoms with van der Waals surface area (Å²) in [6.45, 7) is 2.10. The molecule has 0 spiro atoms. The van der Waals surface area contributed by atoms with Gasteiger partial charge < -0.3 is 4.74 Å². The van der Waals surface area contributed by atoms with Gasteiger partial charge in [0.1, 0.15) is 0 Å². The minimum Gasteiger partial charge on any atom is -0.479 e. The van der Waals surface area contributed by atoms with E-state index in [4.69, 9.17) is 4.74 Å². The van der Waals surface area contributed by atoms with Crippen molar-refractivity contribution in [1.29, 1.82) is 0 Å². The zero-order chi connectivity index (χ0) is 11.1. The smallest absolute Gasteiger partial charge is 0.243 e. The summed E-state index contributed by atoms with van der Waals surface area (Å²) in [6.07, 6.45) is 6.61. The van der Waals surface area contributed by atoms with Gasteiger partial charge in [0.2, 0.25) is 5.88 Å². The highest BCUT2D eigenvalue weighted by Gasteiger charge is 2.13. The molecule has 4 heteroatoms. The van der Waals surface area contributed by atoms with Crippen LogP contribution in [0.1, 0.15) is 43.1 Å². The Hall–Kier alpha value is -1.45. The number of nitrogens with zero attached hydrogens (tertiary/aromatic N) is 2. The molecule has 0 amide bonds. The number of hydrogen-bond acceptors (Lipinski definition) is 4. The number of methoxy groups -OCH3 is 1. The highest BCUT2D eigenvalue weighted by Crippen LogP contribution is 2.14. The lowest BCUT2D eigenvalue weighted by molar-refractivity contribution is 0.0970. The van der Waals surface area contributed by atoms with Gasteiger partial charge in [0.25, 0.3) is 0 Å². The summed E-state index contributed by atoms with van der Waals surface area (Å²) in [5, 5.41) is 0. The summed E-state index contributed by atoms with van der Waals surface area (Å²) in [7, 11) is 1.49. The summed E-state index contributed by atoms with van der Waals surface area (Å²) < 4.78 is 4.98. The van der Waals surface area contributed by atoms with Crippen molar-refractivity contribution in [2.75, 3.05) is 7.11 Å². The third kappa shape index (κ3) is 3.31. The van der Waals surface area contributed by atoms with Crippen LogP contribution in [0.15, 0.2) is 12.4 Å². The lowest BCUT2D eigenvalue weighted by Crippen LogP contribution is -2.06. The van der Waals surface area contributed by atoms with Crippen LogP contribution in [-0.2, 0) is 0 Å². The van der Waals surface area contributed by atoms with Crippen molar-refractivity contribution in [2.45, 2.75) is 32.6 Å². The fourth-order valence-electron chi connectivity index (χ4n) is 1.32. The first kappa shape index (κ1) is 11.6. The first-order valence-corrected chi connectivity index (χ1v) is 5.17. The predicted molar refractivity (Wildman–Crippen MR) is 57.1 cm³/mol. The molecule has 0 bridgehead atoms. The maximum Gasteiger partial charge on any atom is 0.243 e. The molecule has 0 radical (unpaired) electrons. The van der Waals surface area contributed by atoms with E-state index in [9.17, 15) is 4.79 Å². The minimum absolute atomic E-state index is 0.00778. The summed E-state index contributed by atoms with van der Waals surface area (Å²) in [6, 6.07) is 0. The molecule has 1 aromatic rings. The molecule has 0 aliphatic rings. The number of Topliss-reactive ketones (excluding diaryl/α,β-unsaturated/α-hetero) is 1. The number of unbranched alkanes of at least 4 members (excludes halogenated alkanes) is 2. The average Bonchev–Trinajstić information content (AvgIpc) is 2.29. The van der Waals surface area contributed by atoms with E-state index in [-0.39, 0.29) is 5.78 Å². The van der Waals surface area contributed by atoms with Crippen LogP contribution in [0.5, 0.6) is 5.88 Å². The third-order valence-electron chi connectivity index (χ3n) is 2.13. The molecule has 0 aliphatic heterocycles. The summed E-state index contributed by atoms with van der Waals surface area (Å²) in [5.41, 5.74) is 0.344. The van der Waals surface area contributed by atoms with E-state index in [1.54, 1.807) is 0 Å². The lowest BCUT2D eigenvalue weighted by Gasteiger charge is -2.04. The number of hydrogen-bond donors (Lipinski definition) is 0. The summed E-state index contributed by atoms with van der Waals surface area (Å²) in [4.78, 5) is 19.6. The second-order valence-electron chi connectivity index (χ2n) is 3.29. The average molecular weight is 208 g/mol. The van der Waals surface area contributed by atoms with Crippen LogP contribution in [0.2, 0.25) is 0 Å². The Labute approximate surface area is 89.7 Å². The Kier molecular flexibility index (Phi) is 4.74. The highest BCUT2D eigenvalue weighted by molar-refractivity contribution is 5.96. The van der Waals surface area contributed by atoms with Crippen molar-refractivity contribution in [3.05, 3.63) is 18.1 Å². The van der Waals surface area contributed by atoms with Gasteiger partial charge in [-0.25, -0.2) is 9.97 Å². The SMILES string of the molecule is CCCCCC(=O)c1nccnc1OC. The van der Waals surface area contributed by atoms with Crippen LogP contribution >= 0.6 is 0 Å². The van der Waals surface area contributed by atoms with Crippen molar-refractivity contribution < 1.29 is 9.53 Å². The van der Waals surface area contributed by atoms with Crippen LogP contribution < -0.4 is 4.74 Å². The van der Waals surface area contributed by atoms with Gasteiger partial charge in [0.05, 0.1) is 7.11 Å². The molecule has 0 saturated carbocycles. The van der Waals surface area contributed by atoms with Crippen molar-refractivity contribution in [3.8, 4) is 5.88 Å². The summed E-state index contributed by atoms with van der Waals surface area (Å²) >= 11 is 0. The van der Waals surface area contributed by atoms with Crippen LogP contribution in [0.3, 0.4) is 0 Å². The van der Waals surface area contributed by atoms with Gasteiger partial charge in [-0.3, -0.25) is 4.79 Å². The molecule has 4 nitrogen and oxygen atoms in total. The topological polar surface area (TPSA) is 52.1 Å². The zero-order valence-electron chi connectivity index (χ0n) is 9.19. The van der Waals surface area contributed by atoms with Crippen molar-refractivity contribution in [3.63, 3.8) is 0 Å². The fourth-order valence-corrected chi connectivity index (χ4v) is 1.32. The normalized spacial score (nSPS) is 10.0. The van der Waals surface area contributed by atoms with Gasteiger partial charge >= 0.3 is 0 Å². The first-order chi connectivity index (χ1) is 7.29. The molecule has 0 N–H and O–H groups in total. The molecular formula is C11H16N2O2. The van der Waals surface area contributed by atoms with Crippen molar-refractivity contribution in [1.82, 2.24) is 9.97 Å². The van der Waals surface area contributed by atoms with Gasteiger partial charge in [0, 0.05) is 18.8 Å². The zero-order valence-corrected chi connectivity index (χ0v) is 9.19. The first-order valence-electron chi connectivity index (χ1n) is 5.17. The Morgan fingerprint density at radius 1 is 1.33 bits per heavy atom. The van der Waals surface area contributed by atoms with Gasteiger partial charge in [-0.15, -0.1) is 0 Å². The molecule has 1 aromatic heterocycles. The van der Waals surface area contributed by atoms with E-state index in [0.29, 0.717) is 18.0 Å². The Morgan fingerprint density at radius 3 is 2.73 bits per heavy atom. The molecule has 0 atom stereocenters. The van der Waals surface area contributed by atoms with E-state index in [0.717, 1.165) is 19.3 Å². The number of carbonyl (C=O) groups is 1. The van der Waals surface area contributed by atoms with Crippen LogP contribution in [-0.4, -0.2) is 22.9 Å². The van der Waals surface area contributed by atoms with Gasteiger partial charge in [0.15, 0.2) is 11.5 Å². The van der Waals surface area contributed by atoms with Crippen molar-refractivity contribution in [2.24, 2.45) is 0 Å². The van der Waals surface area contributed by atoms with Gasteiger partial charge in [-0.1, -0.05) is 19.8 Å². The van der Waals surface area contributed by atoms with Crippen LogP contribution in [0.25, 0.3) is 0 Å². The minimum atomic E-state index is 0.00778. The van der Waals surface area contributed by atoms with E-state index in [2.05, 4.69) is 16.9 Å². The number of aromatic nitrogens is 2.